The van der Waals surface area contributed by atoms with Crippen LogP contribution in [0.3, 0.4) is 0 Å². The van der Waals surface area contributed by atoms with Crippen molar-refractivity contribution in [3.05, 3.63) is 261 Å². The Bertz CT molecular complexity index is 2900. The van der Waals surface area contributed by atoms with E-state index in [0.717, 1.165) is 17.1 Å². The lowest BCUT2D eigenvalue weighted by Crippen LogP contribution is -2.09. The Labute approximate surface area is 359 Å². The van der Waals surface area contributed by atoms with E-state index >= 15 is 0 Å². The fourth-order valence-electron chi connectivity index (χ4n) is 8.26. The van der Waals surface area contributed by atoms with Gasteiger partial charge in [-0.05, 0) is 139 Å². The standard InChI is InChI=1S/C60H43N/c1-4-14-44(15-5-1)50-20-10-23-53(40-50)47-28-34-58(35-29-47)61(59-36-30-48(31-37-59)54-24-11-21-51(41-54)45-16-6-2-7-17-45)60-38-32-49(33-39-60)55-25-13-27-57(43-55)56-26-12-22-52(42-56)46-18-8-3-9-19-46/h1-43H. The minimum atomic E-state index is 1.09. The Morgan fingerprint density at radius 1 is 0.148 bits per heavy atom. The van der Waals surface area contributed by atoms with Crippen molar-refractivity contribution in [2.75, 3.05) is 4.90 Å². The molecule has 0 saturated carbocycles. The third-order valence-electron chi connectivity index (χ3n) is 11.5. The van der Waals surface area contributed by atoms with Gasteiger partial charge in [0.1, 0.15) is 0 Å². The van der Waals surface area contributed by atoms with Crippen LogP contribution in [0.5, 0.6) is 0 Å². The summed E-state index contributed by atoms with van der Waals surface area (Å²) < 4.78 is 0. The molecule has 0 aliphatic heterocycles. The van der Waals surface area contributed by atoms with Gasteiger partial charge in [0.2, 0.25) is 0 Å². The topological polar surface area (TPSA) is 3.24 Å². The molecule has 0 aromatic heterocycles. The molecule has 61 heavy (non-hydrogen) atoms. The Morgan fingerprint density at radius 3 is 0.557 bits per heavy atom. The monoisotopic (exact) mass is 777 g/mol. The van der Waals surface area contributed by atoms with Crippen molar-refractivity contribution < 1.29 is 0 Å². The van der Waals surface area contributed by atoms with Crippen LogP contribution in [-0.2, 0) is 0 Å². The quantitative estimate of drug-likeness (QED) is 0.134. The van der Waals surface area contributed by atoms with Crippen molar-refractivity contribution in [2.45, 2.75) is 0 Å². The zero-order valence-corrected chi connectivity index (χ0v) is 33.8. The zero-order chi connectivity index (χ0) is 40.8. The molecule has 0 amide bonds. The summed E-state index contributed by atoms with van der Waals surface area (Å²) in [4.78, 5) is 2.35. The first-order chi connectivity index (χ1) is 30.2. The normalized spacial score (nSPS) is 11.0. The van der Waals surface area contributed by atoms with Crippen LogP contribution in [0.15, 0.2) is 261 Å². The van der Waals surface area contributed by atoms with Gasteiger partial charge in [0.15, 0.2) is 0 Å². The molecule has 0 aliphatic rings. The van der Waals surface area contributed by atoms with E-state index in [1.54, 1.807) is 0 Å². The average Bonchev–Trinajstić information content (AvgIpc) is 3.36. The average molecular weight is 778 g/mol. The van der Waals surface area contributed by atoms with E-state index in [1.165, 1.54) is 77.9 Å². The van der Waals surface area contributed by atoms with Crippen molar-refractivity contribution in [3.8, 4) is 77.9 Å². The highest BCUT2D eigenvalue weighted by Gasteiger charge is 2.15. The van der Waals surface area contributed by atoms with Gasteiger partial charge in [-0.15, -0.1) is 0 Å². The summed E-state index contributed by atoms with van der Waals surface area (Å²) in [7, 11) is 0. The molecule has 10 rings (SSSR count). The van der Waals surface area contributed by atoms with Crippen LogP contribution >= 0.6 is 0 Å². The largest absolute Gasteiger partial charge is 0.311 e. The van der Waals surface area contributed by atoms with Crippen LogP contribution < -0.4 is 4.90 Å². The molecule has 1 nitrogen and oxygen atoms in total. The predicted molar refractivity (Wildman–Crippen MR) is 259 cm³/mol. The van der Waals surface area contributed by atoms with E-state index < -0.39 is 0 Å². The van der Waals surface area contributed by atoms with Gasteiger partial charge in [0.05, 0.1) is 0 Å². The molecule has 0 heterocycles. The molecule has 10 aromatic carbocycles. The highest BCUT2D eigenvalue weighted by Crippen LogP contribution is 2.39. The van der Waals surface area contributed by atoms with E-state index in [9.17, 15) is 0 Å². The number of rotatable bonds is 10. The lowest BCUT2D eigenvalue weighted by molar-refractivity contribution is 1.28. The summed E-state index contributed by atoms with van der Waals surface area (Å²) in [5, 5.41) is 0. The first kappa shape index (κ1) is 37.3. The number of hydrogen-bond donors (Lipinski definition) is 0. The van der Waals surface area contributed by atoms with Gasteiger partial charge in [-0.1, -0.05) is 200 Å². The lowest BCUT2D eigenvalue weighted by Gasteiger charge is -2.26. The van der Waals surface area contributed by atoms with E-state index in [1.807, 2.05) is 0 Å². The molecule has 0 aliphatic carbocycles. The van der Waals surface area contributed by atoms with Gasteiger partial charge >= 0.3 is 0 Å². The van der Waals surface area contributed by atoms with Crippen LogP contribution in [0.25, 0.3) is 77.9 Å². The summed E-state index contributed by atoms with van der Waals surface area (Å²) in [5.41, 5.74) is 20.1. The smallest absolute Gasteiger partial charge is 0.0462 e. The molecule has 0 N–H and O–H groups in total. The van der Waals surface area contributed by atoms with Crippen molar-refractivity contribution in [2.24, 2.45) is 0 Å². The Morgan fingerprint density at radius 2 is 0.328 bits per heavy atom. The first-order valence-electron chi connectivity index (χ1n) is 20.9. The molecule has 10 aromatic rings. The third-order valence-corrected chi connectivity index (χ3v) is 11.5. The van der Waals surface area contributed by atoms with Gasteiger partial charge in [-0.25, -0.2) is 0 Å². The number of nitrogens with zero attached hydrogens (tertiary/aromatic N) is 1. The fraction of sp³-hybridized carbons (Fsp3) is 0. The van der Waals surface area contributed by atoms with Crippen LogP contribution in [0, 0.1) is 0 Å². The van der Waals surface area contributed by atoms with Crippen molar-refractivity contribution >= 4 is 17.1 Å². The second kappa shape index (κ2) is 17.1. The first-order valence-corrected chi connectivity index (χ1v) is 20.9. The summed E-state index contributed by atoms with van der Waals surface area (Å²) >= 11 is 0. The molecule has 0 atom stereocenters. The number of hydrogen-bond acceptors (Lipinski definition) is 1. The van der Waals surface area contributed by atoms with E-state index in [2.05, 4.69) is 266 Å². The molecule has 0 spiro atoms. The SMILES string of the molecule is c1ccc(-c2cccc(-c3ccc(N(c4ccc(-c5cccc(-c6ccccc6)c5)cc4)c4ccc(-c5cccc(-c6cccc(-c7ccccc7)c6)c5)cc4)cc3)c2)cc1. The van der Waals surface area contributed by atoms with Crippen LogP contribution in [0.4, 0.5) is 17.1 Å². The Hall–Kier alpha value is -8.00. The van der Waals surface area contributed by atoms with Gasteiger partial charge in [0, 0.05) is 17.1 Å². The minimum absolute atomic E-state index is 1.09. The number of anilines is 3. The molecule has 0 radical (unpaired) electrons. The maximum atomic E-state index is 2.35. The molecular weight excluding hydrogens is 735 g/mol. The van der Waals surface area contributed by atoms with Gasteiger partial charge in [0.25, 0.3) is 0 Å². The van der Waals surface area contributed by atoms with Gasteiger partial charge < -0.3 is 4.90 Å². The molecule has 288 valence electrons. The van der Waals surface area contributed by atoms with Gasteiger partial charge in [-0.3, -0.25) is 0 Å². The third kappa shape index (κ3) is 8.19. The van der Waals surface area contributed by atoms with Crippen LogP contribution in [0.1, 0.15) is 0 Å². The van der Waals surface area contributed by atoms with Crippen LogP contribution in [0.2, 0.25) is 0 Å². The van der Waals surface area contributed by atoms with Crippen molar-refractivity contribution in [1.82, 2.24) is 0 Å². The number of benzene rings is 10. The predicted octanol–water partition coefficient (Wildman–Crippen LogP) is 16.8. The molecule has 0 unspecified atom stereocenters. The maximum Gasteiger partial charge on any atom is 0.0462 e. The second-order valence-corrected chi connectivity index (χ2v) is 15.4. The van der Waals surface area contributed by atoms with Crippen LogP contribution in [-0.4, -0.2) is 0 Å². The highest BCUT2D eigenvalue weighted by molar-refractivity contribution is 5.83. The summed E-state index contributed by atoms with van der Waals surface area (Å²) in [6.45, 7) is 0. The van der Waals surface area contributed by atoms with E-state index in [0.29, 0.717) is 0 Å². The second-order valence-electron chi connectivity index (χ2n) is 15.4. The summed E-state index contributed by atoms with van der Waals surface area (Å²) in [6.07, 6.45) is 0. The van der Waals surface area contributed by atoms with E-state index in [4.69, 9.17) is 0 Å². The zero-order valence-electron chi connectivity index (χ0n) is 33.8. The van der Waals surface area contributed by atoms with Gasteiger partial charge in [-0.2, -0.15) is 0 Å². The summed E-state index contributed by atoms with van der Waals surface area (Å²) in [6, 6.07) is 93.9. The fourth-order valence-corrected chi connectivity index (χ4v) is 8.26. The molecule has 0 bridgehead atoms. The van der Waals surface area contributed by atoms with E-state index in [-0.39, 0.29) is 0 Å². The molecule has 0 fully saturated rings. The minimum Gasteiger partial charge on any atom is -0.311 e. The Balaban J connectivity index is 0.979. The Kier molecular flexibility index (Phi) is 10.4. The van der Waals surface area contributed by atoms with Crippen molar-refractivity contribution in [3.63, 3.8) is 0 Å². The molecule has 1 heteroatoms. The molecule has 0 saturated heterocycles. The molecular formula is C60H43N. The highest BCUT2D eigenvalue weighted by atomic mass is 15.1. The van der Waals surface area contributed by atoms with Crippen molar-refractivity contribution in [1.29, 1.82) is 0 Å². The lowest BCUT2D eigenvalue weighted by atomic mass is 9.96. The maximum absolute atomic E-state index is 2.35. The summed E-state index contributed by atoms with van der Waals surface area (Å²) in [5.74, 6) is 0.